The molecule has 0 aliphatic heterocycles. The van der Waals surface area contributed by atoms with Gasteiger partial charge in [-0.3, -0.25) is 0 Å². The Labute approximate surface area is 150 Å². The molecule has 2 aromatic rings. The molecule has 136 valence electrons. The number of hydrogen-bond donors (Lipinski definition) is 0. The van der Waals surface area contributed by atoms with E-state index in [0.29, 0.717) is 18.1 Å². The van der Waals surface area contributed by atoms with Gasteiger partial charge in [0, 0.05) is 18.1 Å². The second-order valence-electron chi connectivity index (χ2n) is 5.54. The summed E-state index contributed by atoms with van der Waals surface area (Å²) in [5.41, 5.74) is 0.754. The van der Waals surface area contributed by atoms with Crippen molar-refractivity contribution in [3.63, 3.8) is 0 Å². The molecule has 0 aliphatic carbocycles. The van der Waals surface area contributed by atoms with Crippen LogP contribution in [0.25, 0.3) is 0 Å². The third-order valence-corrected chi connectivity index (χ3v) is 5.45. The van der Waals surface area contributed by atoms with Gasteiger partial charge in [-0.2, -0.15) is 8.78 Å². The van der Waals surface area contributed by atoms with E-state index in [1.807, 2.05) is 0 Å². The lowest BCUT2D eigenvalue weighted by molar-refractivity contribution is -0.0499. The third-order valence-electron chi connectivity index (χ3n) is 3.49. The summed E-state index contributed by atoms with van der Waals surface area (Å²) in [4.78, 5) is 2.02. The van der Waals surface area contributed by atoms with E-state index in [4.69, 9.17) is 11.6 Å². The van der Waals surface area contributed by atoms with E-state index < -0.39 is 16.4 Å². The average Bonchev–Trinajstić information content (AvgIpc) is 2.53. The van der Waals surface area contributed by atoms with Gasteiger partial charge in [0.2, 0.25) is 0 Å². The lowest BCUT2D eigenvalue weighted by Crippen LogP contribution is -2.25. The van der Waals surface area contributed by atoms with Crippen molar-refractivity contribution >= 4 is 21.4 Å². The highest BCUT2D eigenvalue weighted by Gasteiger charge is 2.15. The maximum absolute atomic E-state index is 12.3. The van der Waals surface area contributed by atoms with Crippen LogP contribution in [0.4, 0.5) is 8.78 Å². The van der Waals surface area contributed by atoms with E-state index in [0.717, 1.165) is 5.56 Å². The molecule has 4 nitrogen and oxygen atoms in total. The number of hydrogen-bond acceptors (Lipinski definition) is 4. The van der Waals surface area contributed by atoms with Gasteiger partial charge in [-0.15, -0.1) is 0 Å². The van der Waals surface area contributed by atoms with Gasteiger partial charge >= 0.3 is 6.61 Å². The highest BCUT2D eigenvalue weighted by atomic mass is 35.5. The highest BCUT2D eigenvalue weighted by molar-refractivity contribution is 7.91. The Bertz CT molecular complexity index is 798. The van der Waals surface area contributed by atoms with Crippen molar-refractivity contribution in [1.82, 2.24) is 4.90 Å². The van der Waals surface area contributed by atoms with E-state index in [1.165, 1.54) is 36.4 Å². The Morgan fingerprint density at radius 3 is 2.48 bits per heavy atom. The number of ether oxygens (including phenoxy) is 1. The summed E-state index contributed by atoms with van der Waals surface area (Å²) in [6.07, 6.45) is 0. The number of rotatable bonds is 8. The van der Waals surface area contributed by atoms with Crippen LogP contribution in [0.15, 0.2) is 53.4 Å². The SMILES string of the molecule is CN(CCS(=O)(=O)c1ccc(Cl)cc1)Cc1cccc(OC(F)F)c1. The number of halogens is 3. The van der Waals surface area contributed by atoms with Gasteiger partial charge in [-0.1, -0.05) is 23.7 Å². The molecule has 0 aromatic heterocycles. The van der Waals surface area contributed by atoms with Gasteiger partial charge in [-0.05, 0) is 49.0 Å². The Balaban J connectivity index is 1.94. The molecule has 0 unspecified atom stereocenters. The molecule has 0 bridgehead atoms. The van der Waals surface area contributed by atoms with Crippen LogP contribution in [0.2, 0.25) is 5.02 Å². The second-order valence-corrected chi connectivity index (χ2v) is 8.08. The fourth-order valence-electron chi connectivity index (χ4n) is 2.25. The number of alkyl halides is 2. The van der Waals surface area contributed by atoms with Crippen LogP contribution in [-0.2, 0) is 16.4 Å². The summed E-state index contributed by atoms with van der Waals surface area (Å²) in [6, 6.07) is 12.4. The zero-order chi connectivity index (χ0) is 18.4. The van der Waals surface area contributed by atoms with E-state index in [-0.39, 0.29) is 16.4 Å². The minimum Gasteiger partial charge on any atom is -0.435 e. The van der Waals surface area contributed by atoms with Crippen LogP contribution in [0.5, 0.6) is 5.75 Å². The van der Waals surface area contributed by atoms with Gasteiger partial charge in [0.1, 0.15) is 5.75 Å². The molecule has 0 aliphatic rings. The molecule has 2 aromatic carbocycles. The van der Waals surface area contributed by atoms with Crippen LogP contribution < -0.4 is 4.74 Å². The number of nitrogens with zero attached hydrogens (tertiary/aromatic N) is 1. The standard InChI is InChI=1S/C17H18ClF2NO3S/c1-21(12-13-3-2-4-15(11-13)24-17(19)20)9-10-25(22,23)16-7-5-14(18)6-8-16/h2-8,11,17H,9-10,12H2,1H3. The van der Waals surface area contributed by atoms with Gasteiger partial charge in [0.15, 0.2) is 9.84 Å². The molecule has 0 amide bonds. The maximum Gasteiger partial charge on any atom is 0.387 e. The molecule has 0 radical (unpaired) electrons. The molecule has 0 saturated carbocycles. The van der Waals surface area contributed by atoms with Gasteiger partial charge in [0.05, 0.1) is 10.6 Å². The summed E-state index contributed by atoms with van der Waals surface area (Å²) < 4.78 is 53.5. The molecule has 0 N–H and O–H groups in total. The van der Waals surface area contributed by atoms with Crippen molar-refractivity contribution in [3.05, 3.63) is 59.1 Å². The molecule has 0 saturated heterocycles. The first kappa shape index (κ1) is 19.6. The monoisotopic (exact) mass is 389 g/mol. The predicted octanol–water partition coefficient (Wildman–Crippen LogP) is 3.85. The van der Waals surface area contributed by atoms with Crippen LogP contribution in [0, 0.1) is 0 Å². The van der Waals surface area contributed by atoms with E-state index in [1.54, 1.807) is 24.1 Å². The molecule has 0 spiro atoms. The Morgan fingerprint density at radius 1 is 1.16 bits per heavy atom. The largest absolute Gasteiger partial charge is 0.435 e. The van der Waals surface area contributed by atoms with Crippen LogP contribution in [-0.4, -0.2) is 39.3 Å². The Hall–Kier alpha value is -1.70. The summed E-state index contributed by atoms with van der Waals surface area (Å²) in [5, 5.41) is 0.474. The molecule has 0 heterocycles. The van der Waals surface area contributed by atoms with Crippen LogP contribution in [0.1, 0.15) is 5.56 Å². The number of sulfone groups is 1. The first-order chi connectivity index (χ1) is 11.8. The normalized spacial score (nSPS) is 11.9. The molecule has 0 atom stereocenters. The zero-order valence-corrected chi connectivity index (χ0v) is 15.1. The molecule has 8 heteroatoms. The van der Waals surface area contributed by atoms with Crippen molar-refractivity contribution in [2.75, 3.05) is 19.3 Å². The van der Waals surface area contributed by atoms with Crippen molar-refractivity contribution in [1.29, 1.82) is 0 Å². The smallest absolute Gasteiger partial charge is 0.387 e. The lowest BCUT2D eigenvalue weighted by Gasteiger charge is -2.17. The van der Waals surface area contributed by atoms with Crippen molar-refractivity contribution < 1.29 is 21.9 Å². The fraction of sp³-hybridized carbons (Fsp3) is 0.294. The minimum absolute atomic E-state index is 0.0572. The van der Waals surface area contributed by atoms with Crippen LogP contribution in [0.3, 0.4) is 0 Å². The summed E-state index contributed by atoms with van der Waals surface area (Å²) in [5.74, 6) is 0.0212. The molecule has 0 fully saturated rings. The Morgan fingerprint density at radius 2 is 1.84 bits per heavy atom. The second kappa shape index (κ2) is 8.60. The highest BCUT2D eigenvalue weighted by Crippen LogP contribution is 2.18. The first-order valence-electron chi connectivity index (χ1n) is 7.47. The first-order valence-corrected chi connectivity index (χ1v) is 9.50. The summed E-state index contributed by atoms with van der Waals surface area (Å²) in [6.45, 7) is -2.17. The third kappa shape index (κ3) is 6.26. The van der Waals surface area contributed by atoms with Crippen molar-refractivity contribution in [2.45, 2.75) is 18.1 Å². The number of benzene rings is 2. The van der Waals surface area contributed by atoms with E-state index >= 15 is 0 Å². The van der Waals surface area contributed by atoms with Crippen molar-refractivity contribution in [3.8, 4) is 5.75 Å². The Kier molecular flexibility index (Phi) is 6.75. The molecular weight excluding hydrogens is 372 g/mol. The van der Waals surface area contributed by atoms with Crippen molar-refractivity contribution in [2.24, 2.45) is 0 Å². The molecular formula is C17H18ClF2NO3S. The van der Waals surface area contributed by atoms with Gasteiger partial charge < -0.3 is 9.64 Å². The minimum atomic E-state index is -3.41. The predicted molar refractivity (Wildman–Crippen MR) is 92.9 cm³/mol. The zero-order valence-electron chi connectivity index (χ0n) is 13.5. The average molecular weight is 390 g/mol. The molecule has 2 rings (SSSR count). The lowest BCUT2D eigenvalue weighted by atomic mass is 10.2. The summed E-state index contributed by atoms with van der Waals surface area (Å²) >= 11 is 5.76. The van der Waals surface area contributed by atoms with Gasteiger partial charge in [-0.25, -0.2) is 8.42 Å². The topological polar surface area (TPSA) is 46.6 Å². The summed E-state index contributed by atoms with van der Waals surface area (Å²) in [7, 11) is -1.65. The van der Waals surface area contributed by atoms with Crippen LogP contribution >= 0.6 is 11.6 Å². The van der Waals surface area contributed by atoms with Gasteiger partial charge in [0.25, 0.3) is 0 Å². The molecule has 25 heavy (non-hydrogen) atoms. The van der Waals surface area contributed by atoms with E-state index in [2.05, 4.69) is 4.74 Å². The maximum atomic E-state index is 12.3. The quantitative estimate of drug-likeness (QED) is 0.688. The van der Waals surface area contributed by atoms with E-state index in [9.17, 15) is 17.2 Å². The fourth-order valence-corrected chi connectivity index (χ4v) is 3.71.